The average Bonchev–Trinajstić information content (AvgIpc) is 3.25. The minimum atomic E-state index is 0.225. The number of ether oxygens (including phenoxy) is 1. The third kappa shape index (κ3) is 7.26. The third-order valence-electron chi connectivity index (χ3n) is 6.30. The smallest absolute Gasteiger partial charge is 0.119 e. The van der Waals surface area contributed by atoms with Gasteiger partial charge in [0.15, 0.2) is 0 Å². The minimum absolute atomic E-state index is 0.225. The van der Waals surface area contributed by atoms with E-state index in [9.17, 15) is 0 Å². The monoisotopic (exact) mass is 477 g/mol. The zero-order chi connectivity index (χ0) is 24.5. The topological polar surface area (TPSA) is 12.5 Å². The molecule has 2 aliphatic rings. The highest BCUT2D eigenvalue weighted by atomic mass is 32.2. The predicted molar refractivity (Wildman–Crippen MR) is 149 cm³/mol. The fraction of sp³-hybridized carbons (Fsp3) is 0.484. The Hall–Kier alpha value is -1.97. The van der Waals surface area contributed by atoms with Crippen molar-refractivity contribution < 1.29 is 4.74 Å². The molecule has 0 saturated heterocycles. The van der Waals surface area contributed by atoms with Crippen LogP contribution in [0.5, 0.6) is 5.75 Å². The average molecular weight is 478 g/mol. The first kappa shape index (κ1) is 26.6. The number of hydrogen-bond donors (Lipinski definition) is 0. The highest BCUT2D eigenvalue weighted by Gasteiger charge is 2.31. The van der Waals surface area contributed by atoms with Crippen LogP contribution in [0, 0.1) is 5.92 Å². The molecular weight excluding hydrogens is 434 g/mol. The van der Waals surface area contributed by atoms with Crippen molar-refractivity contribution in [2.75, 3.05) is 13.2 Å². The Bertz CT molecular complexity index is 956. The molecule has 1 atom stereocenters. The van der Waals surface area contributed by atoms with Crippen LogP contribution in [0.3, 0.4) is 0 Å². The van der Waals surface area contributed by atoms with Crippen molar-refractivity contribution in [3.05, 3.63) is 87.3 Å². The van der Waals surface area contributed by atoms with E-state index in [-0.39, 0.29) is 6.04 Å². The molecule has 0 fully saturated rings. The lowest BCUT2D eigenvalue weighted by Crippen LogP contribution is -2.26. The minimum Gasteiger partial charge on any atom is -0.492 e. The van der Waals surface area contributed by atoms with Gasteiger partial charge in [0.05, 0.1) is 6.04 Å². The van der Waals surface area contributed by atoms with Gasteiger partial charge < -0.3 is 4.74 Å². The van der Waals surface area contributed by atoms with E-state index >= 15 is 0 Å². The maximum Gasteiger partial charge on any atom is 0.119 e. The summed E-state index contributed by atoms with van der Waals surface area (Å²) in [4.78, 5) is 1.54. The second kappa shape index (κ2) is 13.2. The second-order valence-electron chi connectivity index (χ2n) is 9.67. The maximum absolute atomic E-state index is 6.35. The van der Waals surface area contributed by atoms with Gasteiger partial charge in [0.25, 0.3) is 0 Å². The molecule has 0 aromatic heterocycles. The summed E-state index contributed by atoms with van der Waals surface area (Å²) in [7, 11) is 0. The number of rotatable bonds is 9. The van der Waals surface area contributed by atoms with Gasteiger partial charge in [-0.2, -0.15) is 0 Å². The molecule has 3 heteroatoms. The molecule has 184 valence electrons. The molecule has 4 rings (SSSR count). The Labute approximate surface area is 212 Å². The SMILES string of the molecule is CC.CCCc1ccc(OCC(c2ccc(CC(C)C)cc2)N2CC3=C(CCC(C)=C3)S2)cc1. The Morgan fingerprint density at radius 3 is 2.26 bits per heavy atom. The first-order valence-corrected chi connectivity index (χ1v) is 13.9. The number of benzene rings is 2. The number of allylic oxidation sites excluding steroid dienone is 2. The van der Waals surface area contributed by atoms with Crippen LogP contribution in [0.4, 0.5) is 0 Å². The highest BCUT2D eigenvalue weighted by Crippen LogP contribution is 2.44. The van der Waals surface area contributed by atoms with E-state index in [1.807, 2.05) is 25.8 Å². The Morgan fingerprint density at radius 1 is 0.941 bits per heavy atom. The lowest BCUT2D eigenvalue weighted by Gasteiger charge is -2.27. The van der Waals surface area contributed by atoms with Gasteiger partial charge in [0.1, 0.15) is 12.4 Å². The third-order valence-corrected chi connectivity index (χ3v) is 7.61. The van der Waals surface area contributed by atoms with E-state index in [4.69, 9.17) is 4.74 Å². The summed E-state index contributed by atoms with van der Waals surface area (Å²) in [6, 6.07) is 18.1. The van der Waals surface area contributed by atoms with Crippen molar-refractivity contribution >= 4 is 11.9 Å². The van der Waals surface area contributed by atoms with Crippen molar-refractivity contribution in [1.29, 1.82) is 0 Å². The number of hydrogen-bond acceptors (Lipinski definition) is 3. The van der Waals surface area contributed by atoms with Gasteiger partial charge in [-0.15, -0.1) is 0 Å². The molecular formula is C31H43NOS. The van der Waals surface area contributed by atoms with Crippen molar-refractivity contribution in [2.45, 2.75) is 79.7 Å². The molecule has 0 radical (unpaired) electrons. The van der Waals surface area contributed by atoms with E-state index in [1.165, 1.54) is 47.1 Å². The molecule has 2 aromatic carbocycles. The second-order valence-corrected chi connectivity index (χ2v) is 10.8. The fourth-order valence-corrected chi connectivity index (χ4v) is 5.81. The van der Waals surface area contributed by atoms with E-state index in [1.54, 1.807) is 4.91 Å². The predicted octanol–water partition coefficient (Wildman–Crippen LogP) is 8.94. The van der Waals surface area contributed by atoms with Crippen LogP contribution in [-0.2, 0) is 12.8 Å². The number of nitrogens with zero attached hydrogens (tertiary/aromatic N) is 1. The summed E-state index contributed by atoms with van der Waals surface area (Å²) in [5, 5.41) is 0. The van der Waals surface area contributed by atoms with Gasteiger partial charge >= 0.3 is 0 Å². The van der Waals surface area contributed by atoms with Crippen LogP contribution >= 0.6 is 11.9 Å². The standard InChI is InChI=1S/C29H37NOS.C2H6/c1-5-6-23-10-14-27(15-11-23)31-20-28(25-12-8-24(9-13-25)17-21(2)3)30-19-26-18-22(4)7-16-29(26)32-30;1-2/h8-15,18,21,28H,5-7,16-17,19-20H2,1-4H3;1-2H3. The summed E-state index contributed by atoms with van der Waals surface area (Å²) in [5.74, 6) is 1.64. The molecule has 1 unspecified atom stereocenters. The van der Waals surface area contributed by atoms with Crippen LogP contribution in [-0.4, -0.2) is 17.5 Å². The largest absolute Gasteiger partial charge is 0.492 e. The Kier molecular flexibility index (Phi) is 10.3. The quantitative estimate of drug-likeness (QED) is 0.334. The lowest BCUT2D eigenvalue weighted by atomic mass is 9.98. The van der Waals surface area contributed by atoms with E-state index in [0.29, 0.717) is 12.5 Å². The molecule has 0 spiro atoms. The Balaban J connectivity index is 0.00000158. The Morgan fingerprint density at radius 2 is 1.62 bits per heavy atom. The van der Waals surface area contributed by atoms with Gasteiger partial charge in [0, 0.05) is 11.4 Å². The van der Waals surface area contributed by atoms with Gasteiger partial charge in [-0.3, -0.25) is 0 Å². The summed E-state index contributed by atoms with van der Waals surface area (Å²) in [5.41, 5.74) is 7.15. The molecule has 0 bridgehead atoms. The molecule has 2 aromatic rings. The van der Waals surface area contributed by atoms with Crippen LogP contribution in [0.2, 0.25) is 0 Å². The van der Waals surface area contributed by atoms with Crippen molar-refractivity contribution in [3.63, 3.8) is 0 Å². The summed E-state index contributed by atoms with van der Waals surface area (Å²) >= 11 is 1.95. The van der Waals surface area contributed by atoms with Gasteiger partial charge in [-0.25, -0.2) is 4.31 Å². The van der Waals surface area contributed by atoms with E-state index < -0.39 is 0 Å². The molecule has 0 N–H and O–H groups in total. The molecule has 1 aliphatic carbocycles. The van der Waals surface area contributed by atoms with E-state index in [2.05, 4.69) is 86.6 Å². The van der Waals surface area contributed by atoms with Crippen LogP contribution in [0.25, 0.3) is 0 Å². The first-order valence-electron chi connectivity index (χ1n) is 13.2. The van der Waals surface area contributed by atoms with Crippen molar-refractivity contribution in [2.24, 2.45) is 5.92 Å². The molecule has 1 aliphatic heterocycles. The maximum atomic E-state index is 6.35. The van der Waals surface area contributed by atoms with E-state index in [0.717, 1.165) is 25.1 Å². The normalized spacial score (nSPS) is 16.6. The van der Waals surface area contributed by atoms with Crippen molar-refractivity contribution in [1.82, 2.24) is 4.31 Å². The molecule has 0 saturated carbocycles. The van der Waals surface area contributed by atoms with Gasteiger partial charge in [-0.1, -0.05) is 89.1 Å². The molecule has 1 heterocycles. The fourth-order valence-electron chi connectivity index (χ4n) is 4.58. The number of aryl methyl sites for hydroxylation is 1. The van der Waals surface area contributed by atoms with Crippen LogP contribution < -0.4 is 4.74 Å². The summed E-state index contributed by atoms with van der Waals surface area (Å²) in [6.45, 7) is 14.7. The zero-order valence-corrected chi connectivity index (χ0v) is 22.9. The van der Waals surface area contributed by atoms with Crippen LogP contribution in [0.1, 0.15) is 83.5 Å². The lowest BCUT2D eigenvalue weighted by molar-refractivity contribution is 0.224. The zero-order valence-electron chi connectivity index (χ0n) is 22.1. The first-order chi connectivity index (χ1) is 16.5. The molecule has 0 amide bonds. The van der Waals surface area contributed by atoms with Gasteiger partial charge in [0.2, 0.25) is 0 Å². The van der Waals surface area contributed by atoms with Gasteiger partial charge in [-0.05, 0) is 84.9 Å². The van der Waals surface area contributed by atoms with Crippen LogP contribution in [0.15, 0.2) is 70.7 Å². The summed E-state index contributed by atoms with van der Waals surface area (Å²) in [6.07, 6.45) is 8.20. The van der Waals surface area contributed by atoms with Crippen molar-refractivity contribution in [3.8, 4) is 5.75 Å². The molecule has 2 nitrogen and oxygen atoms in total. The highest BCUT2D eigenvalue weighted by molar-refractivity contribution is 8.01. The summed E-state index contributed by atoms with van der Waals surface area (Å²) < 4.78 is 8.88. The molecule has 34 heavy (non-hydrogen) atoms.